The van der Waals surface area contributed by atoms with Gasteiger partial charge in [-0.05, 0) is 55.4 Å². The highest BCUT2D eigenvalue weighted by Crippen LogP contribution is 2.37. The molecule has 0 aliphatic heterocycles. The van der Waals surface area contributed by atoms with Crippen LogP contribution >= 0.6 is 11.8 Å². The Kier molecular flexibility index (Phi) is 6.71. The maximum atomic E-state index is 13.1. The molecule has 2 aromatic carbocycles. The van der Waals surface area contributed by atoms with Gasteiger partial charge in [-0.2, -0.15) is 0 Å². The topological polar surface area (TPSA) is 68.5 Å². The first kappa shape index (κ1) is 19.9. The molecule has 0 unspecified atom stereocenters. The van der Waals surface area contributed by atoms with Gasteiger partial charge in [0.2, 0.25) is 11.8 Å². The average molecular weight is 398 g/mol. The molecule has 0 saturated carbocycles. The summed E-state index contributed by atoms with van der Waals surface area (Å²) in [4.78, 5) is 14.9. The highest BCUT2D eigenvalue weighted by molar-refractivity contribution is 8.00. The maximum Gasteiger partial charge on any atom is 0.277 e. The van der Waals surface area contributed by atoms with Gasteiger partial charge in [-0.3, -0.25) is 4.79 Å². The van der Waals surface area contributed by atoms with Crippen LogP contribution in [0.5, 0.6) is 5.75 Å². The standard InChI is InChI=1S/C21H23N3O3S/c1-4-24(5-2)20(25)18(15-9-7-6-8-10-15)28-21-23-22-19(27-21)16-11-13-17(26-3)14-12-16/h6-14,18H,4-5H2,1-3H3/t18-/m1/s1. The van der Waals surface area contributed by atoms with Crippen LogP contribution in [0.1, 0.15) is 24.7 Å². The third-order valence-electron chi connectivity index (χ3n) is 4.36. The molecule has 1 aromatic heterocycles. The molecule has 6 nitrogen and oxygen atoms in total. The summed E-state index contributed by atoms with van der Waals surface area (Å²) in [6.07, 6.45) is 0. The minimum Gasteiger partial charge on any atom is -0.497 e. The van der Waals surface area contributed by atoms with E-state index in [1.54, 1.807) is 7.11 Å². The molecule has 0 spiro atoms. The smallest absolute Gasteiger partial charge is 0.277 e. The van der Waals surface area contributed by atoms with E-state index >= 15 is 0 Å². The number of thioether (sulfide) groups is 1. The number of carbonyl (C=O) groups excluding carboxylic acids is 1. The van der Waals surface area contributed by atoms with E-state index in [9.17, 15) is 4.79 Å². The molecule has 1 atom stereocenters. The van der Waals surface area contributed by atoms with Gasteiger partial charge in [0.1, 0.15) is 11.0 Å². The molecule has 0 N–H and O–H groups in total. The van der Waals surface area contributed by atoms with Crippen LogP contribution in [-0.2, 0) is 4.79 Å². The van der Waals surface area contributed by atoms with Crippen molar-refractivity contribution >= 4 is 17.7 Å². The van der Waals surface area contributed by atoms with Crippen molar-refractivity contribution in [1.29, 1.82) is 0 Å². The van der Waals surface area contributed by atoms with E-state index in [1.807, 2.05) is 73.3 Å². The van der Waals surface area contributed by atoms with Gasteiger partial charge in [0.05, 0.1) is 7.11 Å². The van der Waals surface area contributed by atoms with Crippen LogP contribution in [0, 0.1) is 0 Å². The summed E-state index contributed by atoms with van der Waals surface area (Å²) in [6.45, 7) is 5.26. The van der Waals surface area contributed by atoms with Gasteiger partial charge < -0.3 is 14.1 Å². The van der Waals surface area contributed by atoms with Crippen molar-refractivity contribution in [2.45, 2.75) is 24.3 Å². The Balaban J connectivity index is 1.84. The molecule has 0 fully saturated rings. The zero-order valence-corrected chi connectivity index (χ0v) is 17.0. The molecule has 7 heteroatoms. The van der Waals surface area contributed by atoms with Crippen molar-refractivity contribution in [3.8, 4) is 17.2 Å². The fraction of sp³-hybridized carbons (Fsp3) is 0.286. The van der Waals surface area contributed by atoms with E-state index in [1.165, 1.54) is 11.8 Å². The number of ether oxygens (including phenoxy) is 1. The van der Waals surface area contributed by atoms with Gasteiger partial charge in [-0.25, -0.2) is 0 Å². The predicted octanol–water partition coefficient (Wildman–Crippen LogP) is 4.45. The molecule has 0 bridgehead atoms. The van der Waals surface area contributed by atoms with Crippen molar-refractivity contribution in [2.24, 2.45) is 0 Å². The quantitative estimate of drug-likeness (QED) is 0.523. The zero-order valence-electron chi connectivity index (χ0n) is 16.2. The number of amides is 1. The van der Waals surface area contributed by atoms with E-state index in [4.69, 9.17) is 9.15 Å². The molecule has 28 heavy (non-hydrogen) atoms. The Labute approximate surface area is 168 Å². The Morgan fingerprint density at radius 2 is 1.75 bits per heavy atom. The monoisotopic (exact) mass is 397 g/mol. The van der Waals surface area contributed by atoms with Gasteiger partial charge >= 0.3 is 0 Å². The Bertz CT molecular complexity index is 893. The highest BCUT2D eigenvalue weighted by Gasteiger charge is 2.28. The number of nitrogens with zero attached hydrogens (tertiary/aromatic N) is 3. The van der Waals surface area contributed by atoms with Gasteiger partial charge in [0, 0.05) is 18.7 Å². The molecule has 0 aliphatic carbocycles. The van der Waals surface area contributed by atoms with Gasteiger partial charge in [0.15, 0.2) is 0 Å². The molecule has 1 heterocycles. The van der Waals surface area contributed by atoms with Gasteiger partial charge in [-0.1, -0.05) is 30.3 Å². The lowest BCUT2D eigenvalue weighted by atomic mass is 10.1. The fourth-order valence-electron chi connectivity index (χ4n) is 2.80. The largest absolute Gasteiger partial charge is 0.497 e. The van der Waals surface area contributed by atoms with Crippen LogP contribution < -0.4 is 4.74 Å². The number of benzene rings is 2. The van der Waals surface area contributed by atoms with Crippen LogP contribution in [0.15, 0.2) is 64.2 Å². The van der Waals surface area contributed by atoms with Crippen LogP contribution in [0.3, 0.4) is 0 Å². The molecule has 1 amide bonds. The molecule has 3 rings (SSSR count). The van der Waals surface area contributed by atoms with Gasteiger partial charge in [-0.15, -0.1) is 10.2 Å². The minimum absolute atomic E-state index is 0.0328. The Morgan fingerprint density at radius 1 is 1.07 bits per heavy atom. The maximum absolute atomic E-state index is 13.1. The summed E-state index contributed by atoms with van der Waals surface area (Å²) in [5.41, 5.74) is 1.71. The third-order valence-corrected chi connectivity index (χ3v) is 5.44. The SMILES string of the molecule is CCN(CC)C(=O)[C@H](Sc1nnc(-c2ccc(OC)cc2)o1)c1ccccc1. The lowest BCUT2D eigenvalue weighted by Gasteiger charge is -2.24. The van der Waals surface area contributed by atoms with Crippen molar-refractivity contribution in [2.75, 3.05) is 20.2 Å². The summed E-state index contributed by atoms with van der Waals surface area (Å²) in [5.74, 6) is 1.20. The molecule has 3 aromatic rings. The number of aromatic nitrogens is 2. The summed E-state index contributed by atoms with van der Waals surface area (Å²) in [6, 6.07) is 17.1. The average Bonchev–Trinajstić information content (AvgIpc) is 3.22. The second-order valence-corrected chi connectivity index (χ2v) is 7.08. The summed E-state index contributed by atoms with van der Waals surface area (Å²) in [7, 11) is 1.62. The number of likely N-dealkylation sites (N-methyl/N-ethyl adjacent to an activating group) is 1. The molecule has 0 aliphatic rings. The first-order valence-electron chi connectivity index (χ1n) is 9.14. The number of methoxy groups -OCH3 is 1. The minimum atomic E-state index is -0.440. The molecule has 146 valence electrons. The number of carbonyl (C=O) groups is 1. The normalized spacial score (nSPS) is 11.8. The van der Waals surface area contributed by atoms with Crippen molar-refractivity contribution in [3.05, 3.63) is 60.2 Å². The second kappa shape index (κ2) is 9.41. The van der Waals surface area contributed by atoms with E-state index in [0.29, 0.717) is 24.2 Å². The van der Waals surface area contributed by atoms with Crippen LogP contribution in [0.4, 0.5) is 0 Å². The van der Waals surface area contributed by atoms with Crippen LogP contribution in [0.2, 0.25) is 0 Å². The number of rotatable bonds is 8. The van der Waals surface area contributed by atoms with E-state index in [2.05, 4.69) is 10.2 Å². The zero-order chi connectivity index (χ0) is 19.9. The van der Waals surface area contributed by atoms with E-state index in [0.717, 1.165) is 16.9 Å². The van der Waals surface area contributed by atoms with Gasteiger partial charge in [0.25, 0.3) is 5.22 Å². The van der Waals surface area contributed by atoms with Crippen LogP contribution in [0.25, 0.3) is 11.5 Å². The Morgan fingerprint density at radius 3 is 2.36 bits per heavy atom. The van der Waals surface area contributed by atoms with E-state index < -0.39 is 5.25 Å². The second-order valence-electron chi connectivity index (χ2n) is 6.02. The Hall–Kier alpha value is -2.80. The lowest BCUT2D eigenvalue weighted by Crippen LogP contribution is -2.33. The van der Waals surface area contributed by atoms with Crippen molar-refractivity contribution in [1.82, 2.24) is 15.1 Å². The van der Waals surface area contributed by atoms with Crippen LogP contribution in [-0.4, -0.2) is 41.2 Å². The summed E-state index contributed by atoms with van der Waals surface area (Å²) in [5, 5.41) is 8.19. The first-order chi connectivity index (χ1) is 13.7. The third kappa shape index (κ3) is 4.54. The predicted molar refractivity (Wildman–Crippen MR) is 109 cm³/mol. The first-order valence-corrected chi connectivity index (χ1v) is 10.0. The van der Waals surface area contributed by atoms with Crippen molar-refractivity contribution < 1.29 is 13.9 Å². The lowest BCUT2D eigenvalue weighted by molar-refractivity contribution is -0.130. The number of hydrogen-bond acceptors (Lipinski definition) is 6. The molecule has 0 saturated heterocycles. The molecular formula is C21H23N3O3S. The molecular weight excluding hydrogens is 374 g/mol. The number of hydrogen-bond donors (Lipinski definition) is 0. The fourth-order valence-corrected chi connectivity index (χ4v) is 3.76. The highest BCUT2D eigenvalue weighted by atomic mass is 32.2. The summed E-state index contributed by atoms with van der Waals surface area (Å²) < 4.78 is 11.0. The summed E-state index contributed by atoms with van der Waals surface area (Å²) >= 11 is 1.28. The van der Waals surface area contributed by atoms with E-state index in [-0.39, 0.29) is 5.91 Å². The molecule has 0 radical (unpaired) electrons. The van der Waals surface area contributed by atoms with Crippen molar-refractivity contribution in [3.63, 3.8) is 0 Å².